The van der Waals surface area contributed by atoms with E-state index in [-0.39, 0.29) is 0 Å². The van der Waals surface area contributed by atoms with Crippen molar-refractivity contribution in [2.75, 3.05) is 7.05 Å². The van der Waals surface area contributed by atoms with Crippen LogP contribution in [0.4, 0.5) is 0 Å². The molecule has 0 N–H and O–H groups in total. The Hall–Kier alpha value is -0.860. The molecule has 0 saturated carbocycles. The van der Waals surface area contributed by atoms with E-state index in [1.54, 1.807) is 0 Å². The van der Waals surface area contributed by atoms with Gasteiger partial charge < -0.3 is 0 Å². The lowest BCUT2D eigenvalue weighted by Crippen LogP contribution is -1.79. The number of allylic oxidation sites excluding steroid dienone is 1. The topological polar surface area (TPSA) is 43.1 Å². The first-order valence-electron chi connectivity index (χ1n) is 7.17. The van der Waals surface area contributed by atoms with Crippen molar-refractivity contribution in [1.29, 1.82) is 0 Å². The summed E-state index contributed by atoms with van der Waals surface area (Å²) in [4.78, 5) is 8.31. The van der Waals surface area contributed by atoms with Crippen molar-refractivity contribution < 1.29 is 4.92 Å². The van der Waals surface area contributed by atoms with Crippen LogP contribution in [0, 0.1) is 10.1 Å². The van der Waals surface area contributed by atoms with Crippen molar-refractivity contribution in [3.63, 3.8) is 0 Å². The fraction of sp³-hybridized carbons (Fsp3) is 0.867. The summed E-state index contributed by atoms with van der Waals surface area (Å²) in [5, 5.41) is 8.81. The molecule has 118 valence electrons. The highest BCUT2D eigenvalue weighted by Gasteiger charge is 1.57. The van der Waals surface area contributed by atoms with Crippen molar-refractivity contribution in [1.82, 2.24) is 0 Å². The van der Waals surface area contributed by atoms with Crippen molar-refractivity contribution in [2.45, 2.75) is 83.1 Å². The summed E-state index contributed by atoms with van der Waals surface area (Å²) in [6.07, 6.45) is 0. The predicted molar refractivity (Wildman–Crippen MR) is 90.1 cm³/mol. The van der Waals surface area contributed by atoms with Gasteiger partial charge in [0, 0.05) is 4.92 Å². The van der Waals surface area contributed by atoms with Gasteiger partial charge in [0.05, 0.1) is 0 Å². The van der Waals surface area contributed by atoms with Crippen LogP contribution in [-0.2, 0) is 0 Å². The van der Waals surface area contributed by atoms with Crippen LogP contribution in [-0.4, -0.2) is 12.0 Å². The Balaban J connectivity index is -0.0000000163. The number of hydrogen-bond acceptors (Lipinski definition) is 2. The van der Waals surface area contributed by atoms with Gasteiger partial charge in [-0.05, 0) is 13.8 Å². The molecule has 0 radical (unpaired) electrons. The first kappa shape index (κ1) is 43.4. The van der Waals surface area contributed by atoms with Crippen LogP contribution in [0.2, 0.25) is 0 Å². The lowest BCUT2D eigenvalue weighted by atomic mass is 10.4. The molecular weight excluding hydrogens is 226 g/mol. The Morgan fingerprint density at radius 1 is 0.778 bits per heavy atom. The second kappa shape index (κ2) is 140. The second-order valence-electron chi connectivity index (χ2n) is 1.65. The quantitative estimate of drug-likeness (QED) is 0.281. The number of rotatable bonds is 0. The van der Waals surface area contributed by atoms with Gasteiger partial charge in [0.2, 0.25) is 0 Å². The van der Waals surface area contributed by atoms with E-state index in [0.717, 1.165) is 7.05 Å². The summed E-state index contributed by atoms with van der Waals surface area (Å²) in [5.74, 6) is 0. The van der Waals surface area contributed by atoms with Crippen molar-refractivity contribution in [3.8, 4) is 0 Å². The largest absolute Gasteiger partial charge is 0.265 e. The van der Waals surface area contributed by atoms with Gasteiger partial charge in [0.15, 0.2) is 7.05 Å². The Morgan fingerprint density at radius 2 is 0.778 bits per heavy atom. The van der Waals surface area contributed by atoms with Gasteiger partial charge in [0.1, 0.15) is 0 Å². The molecule has 0 spiro atoms. The summed E-state index contributed by atoms with van der Waals surface area (Å²) in [6.45, 7) is 27.5. The van der Waals surface area contributed by atoms with E-state index < -0.39 is 4.92 Å². The molecule has 0 saturated heterocycles. The maximum Gasteiger partial charge on any atom is 0.194 e. The molecule has 0 atom stereocenters. The van der Waals surface area contributed by atoms with E-state index in [1.807, 2.05) is 83.1 Å². The van der Waals surface area contributed by atoms with Gasteiger partial charge in [-0.3, -0.25) is 10.1 Å². The highest BCUT2D eigenvalue weighted by Crippen LogP contribution is 1.73. The van der Waals surface area contributed by atoms with Gasteiger partial charge in [-0.25, -0.2) is 0 Å². The molecule has 0 fully saturated rings. The molecule has 0 amide bonds. The van der Waals surface area contributed by atoms with E-state index >= 15 is 0 Å². The highest BCUT2D eigenvalue weighted by molar-refractivity contribution is 4.78. The van der Waals surface area contributed by atoms with Crippen LogP contribution in [0.3, 0.4) is 0 Å². The molecule has 0 rings (SSSR count). The van der Waals surface area contributed by atoms with Crippen LogP contribution in [0.1, 0.15) is 83.1 Å². The Morgan fingerprint density at radius 3 is 0.778 bits per heavy atom. The molecule has 0 bridgehead atoms. The highest BCUT2D eigenvalue weighted by atomic mass is 16.6. The monoisotopic (exact) mass is 267 g/mol. The van der Waals surface area contributed by atoms with Gasteiger partial charge in [-0.15, -0.1) is 6.58 Å². The van der Waals surface area contributed by atoms with Gasteiger partial charge in [0.25, 0.3) is 0 Å². The average molecular weight is 267 g/mol. The van der Waals surface area contributed by atoms with Crippen molar-refractivity contribution in [3.05, 3.63) is 22.3 Å². The van der Waals surface area contributed by atoms with E-state index in [4.69, 9.17) is 10.1 Å². The first-order chi connectivity index (χ1) is 8.46. The summed E-state index contributed by atoms with van der Waals surface area (Å²) >= 11 is 0. The third-order valence-electron chi connectivity index (χ3n) is 0. The molecule has 3 nitrogen and oxygen atoms in total. The third-order valence-corrected chi connectivity index (χ3v) is 0. The minimum absolute atomic E-state index is 0.500. The van der Waals surface area contributed by atoms with E-state index in [0.29, 0.717) is 0 Å². The summed E-state index contributed by atoms with van der Waals surface area (Å²) in [7, 11) is 0.889. The molecule has 3 heteroatoms. The normalized spacial score (nSPS) is 4.50. The van der Waals surface area contributed by atoms with E-state index in [9.17, 15) is 0 Å². The molecule has 0 aromatic rings. The molecule has 0 aliphatic heterocycles. The molecule has 0 aliphatic carbocycles. The second-order valence-corrected chi connectivity index (χ2v) is 1.65. The Labute approximate surface area is 118 Å². The number of nitrogens with zero attached hydrogens (tertiary/aromatic N) is 1. The lowest BCUT2D eigenvalue weighted by molar-refractivity contribution is -0.445. The smallest absolute Gasteiger partial charge is 0.194 e. The van der Waals surface area contributed by atoms with Crippen LogP contribution in [0.25, 0.3) is 0 Å². The zero-order chi connectivity index (χ0) is 17.2. The zero-order valence-corrected chi connectivity index (χ0v) is 15.5. The third kappa shape index (κ3) is 4090. The lowest BCUT2D eigenvalue weighted by Gasteiger charge is -1.65. The molecule has 0 aromatic heterocycles. The van der Waals surface area contributed by atoms with Crippen LogP contribution in [0.15, 0.2) is 12.2 Å². The fourth-order valence-corrected chi connectivity index (χ4v) is 0. The van der Waals surface area contributed by atoms with Crippen LogP contribution in [0.5, 0.6) is 0 Å². The van der Waals surface area contributed by atoms with Crippen molar-refractivity contribution >= 4 is 0 Å². The average Bonchev–Trinajstić information content (AvgIpc) is 2.39. The summed E-state index contributed by atoms with van der Waals surface area (Å²) < 4.78 is 0. The Kier molecular flexibility index (Phi) is 338. The van der Waals surface area contributed by atoms with Crippen LogP contribution < -0.4 is 0 Å². The maximum absolute atomic E-state index is 8.81. The van der Waals surface area contributed by atoms with Gasteiger partial charge >= 0.3 is 0 Å². The van der Waals surface area contributed by atoms with Crippen LogP contribution >= 0.6 is 0 Å². The zero-order valence-electron chi connectivity index (χ0n) is 15.5. The summed E-state index contributed by atoms with van der Waals surface area (Å²) in [6, 6.07) is 0. The number of hydrogen-bond donors (Lipinski definition) is 0. The minimum atomic E-state index is -0.500. The van der Waals surface area contributed by atoms with Crippen molar-refractivity contribution in [2.24, 2.45) is 0 Å². The predicted octanol–water partition coefficient (Wildman–Crippen LogP) is 6.61. The molecule has 0 aromatic carbocycles. The molecular formula is C15H41NO2. The Bertz CT molecular complexity index is 72.5. The van der Waals surface area contributed by atoms with E-state index in [1.165, 1.54) is 5.57 Å². The molecule has 0 heterocycles. The SMILES string of the molecule is C=C(C)C.CC.CC.CC.CC.CC.C[N+](=O)[O-]. The molecule has 0 unspecified atom stereocenters. The summed E-state index contributed by atoms with van der Waals surface area (Å²) in [5.41, 5.74) is 1.17. The maximum atomic E-state index is 8.81. The van der Waals surface area contributed by atoms with Gasteiger partial charge in [-0.2, -0.15) is 0 Å². The van der Waals surface area contributed by atoms with E-state index in [2.05, 4.69) is 6.58 Å². The minimum Gasteiger partial charge on any atom is -0.265 e. The fourth-order valence-electron chi connectivity index (χ4n) is 0. The number of nitro groups is 1. The first-order valence-corrected chi connectivity index (χ1v) is 7.17. The molecule has 18 heavy (non-hydrogen) atoms. The standard InChI is InChI=1S/C4H8.5C2H6.CH3NO2/c1-4(2)3;5*1-2;1-2(3)4/h1H2,2-3H3;5*1-2H3;1H3. The van der Waals surface area contributed by atoms with Gasteiger partial charge in [-0.1, -0.05) is 74.8 Å². The molecule has 0 aliphatic rings.